The van der Waals surface area contributed by atoms with Gasteiger partial charge in [-0.25, -0.2) is 8.42 Å². The van der Waals surface area contributed by atoms with Crippen LogP contribution >= 0.6 is 0 Å². The normalized spacial score (nSPS) is 13.8. The van der Waals surface area contributed by atoms with E-state index in [1.54, 1.807) is 47.1 Å². The summed E-state index contributed by atoms with van der Waals surface area (Å²) >= 11 is 0. The van der Waals surface area contributed by atoms with E-state index in [2.05, 4.69) is 0 Å². The van der Waals surface area contributed by atoms with Gasteiger partial charge in [0.1, 0.15) is 0 Å². The minimum absolute atomic E-state index is 0.241. The topological polar surface area (TPSA) is 72.6 Å². The standard InChI is InChI=1S/C13H22N2O3S/c1-9-6-7-12(14)11(3)13(9)19(16,17)15(4)10(2)8-18-5/h6-7,10H,8,14H2,1-5H3. The molecule has 2 N–H and O–H groups in total. The summed E-state index contributed by atoms with van der Waals surface area (Å²) < 4.78 is 31.6. The van der Waals surface area contributed by atoms with Gasteiger partial charge in [0.05, 0.1) is 11.5 Å². The van der Waals surface area contributed by atoms with Crippen molar-refractivity contribution in [2.45, 2.75) is 31.7 Å². The van der Waals surface area contributed by atoms with Gasteiger partial charge in [-0.1, -0.05) is 6.07 Å². The maximum absolute atomic E-state index is 12.7. The molecule has 19 heavy (non-hydrogen) atoms. The zero-order chi connectivity index (χ0) is 14.8. The predicted molar refractivity (Wildman–Crippen MR) is 76.6 cm³/mol. The van der Waals surface area contributed by atoms with Gasteiger partial charge in [-0.2, -0.15) is 4.31 Å². The molecular weight excluding hydrogens is 264 g/mol. The lowest BCUT2D eigenvalue weighted by Gasteiger charge is -2.25. The Bertz CT molecular complexity index is 555. The van der Waals surface area contributed by atoms with Crippen molar-refractivity contribution >= 4 is 15.7 Å². The molecule has 108 valence electrons. The number of sulfonamides is 1. The van der Waals surface area contributed by atoms with E-state index in [0.29, 0.717) is 23.4 Å². The number of anilines is 1. The summed E-state index contributed by atoms with van der Waals surface area (Å²) in [6, 6.07) is 3.21. The van der Waals surface area contributed by atoms with Gasteiger partial charge in [-0.3, -0.25) is 0 Å². The van der Waals surface area contributed by atoms with Crippen molar-refractivity contribution in [3.8, 4) is 0 Å². The molecule has 0 aliphatic heterocycles. The van der Waals surface area contributed by atoms with Crippen LogP contribution in [0.4, 0.5) is 5.69 Å². The first-order valence-corrected chi connectivity index (χ1v) is 7.50. The lowest BCUT2D eigenvalue weighted by Crippen LogP contribution is -2.38. The molecule has 1 unspecified atom stereocenters. The Morgan fingerprint density at radius 1 is 1.37 bits per heavy atom. The maximum atomic E-state index is 12.7. The van der Waals surface area contributed by atoms with Crippen LogP contribution in [-0.4, -0.2) is 39.5 Å². The second-order valence-electron chi connectivity index (χ2n) is 4.75. The number of nitrogens with zero attached hydrogens (tertiary/aromatic N) is 1. The van der Waals surface area contributed by atoms with Gasteiger partial charge in [0.15, 0.2) is 0 Å². The smallest absolute Gasteiger partial charge is 0.243 e. The summed E-state index contributed by atoms with van der Waals surface area (Å²) in [5, 5.41) is 0. The van der Waals surface area contributed by atoms with Crippen LogP contribution in [0.2, 0.25) is 0 Å². The Labute approximate surface area is 115 Å². The molecule has 0 saturated carbocycles. The molecule has 0 aliphatic carbocycles. The summed E-state index contributed by atoms with van der Waals surface area (Å²) in [7, 11) is -0.465. The first kappa shape index (κ1) is 15.9. The SMILES string of the molecule is COCC(C)N(C)S(=O)(=O)c1c(C)ccc(N)c1C. The van der Waals surface area contributed by atoms with Crippen LogP contribution in [0.25, 0.3) is 0 Å². The molecule has 0 radical (unpaired) electrons. The first-order valence-electron chi connectivity index (χ1n) is 6.06. The zero-order valence-corrected chi connectivity index (χ0v) is 12.9. The van der Waals surface area contributed by atoms with E-state index in [9.17, 15) is 8.42 Å². The number of rotatable bonds is 5. The fourth-order valence-corrected chi connectivity index (χ4v) is 3.77. The van der Waals surface area contributed by atoms with Crippen molar-refractivity contribution in [2.75, 3.05) is 26.5 Å². The third-order valence-corrected chi connectivity index (χ3v) is 5.57. The van der Waals surface area contributed by atoms with Crippen molar-refractivity contribution in [1.29, 1.82) is 0 Å². The Kier molecular flexibility index (Phi) is 4.95. The van der Waals surface area contributed by atoms with Crippen LogP contribution in [0.1, 0.15) is 18.1 Å². The highest BCUT2D eigenvalue weighted by Crippen LogP contribution is 2.27. The highest BCUT2D eigenvalue weighted by molar-refractivity contribution is 7.89. The number of benzene rings is 1. The van der Waals surface area contributed by atoms with E-state index in [1.807, 2.05) is 0 Å². The van der Waals surface area contributed by atoms with E-state index in [-0.39, 0.29) is 10.9 Å². The highest BCUT2D eigenvalue weighted by atomic mass is 32.2. The number of methoxy groups -OCH3 is 1. The average Bonchev–Trinajstić information content (AvgIpc) is 2.33. The number of hydrogen-bond donors (Lipinski definition) is 1. The number of aryl methyl sites for hydroxylation is 1. The molecule has 0 aromatic heterocycles. The Morgan fingerprint density at radius 3 is 2.47 bits per heavy atom. The monoisotopic (exact) mass is 286 g/mol. The minimum atomic E-state index is -3.57. The van der Waals surface area contributed by atoms with E-state index in [4.69, 9.17) is 10.5 Å². The van der Waals surface area contributed by atoms with Crippen LogP contribution < -0.4 is 5.73 Å². The molecule has 1 aromatic carbocycles. The zero-order valence-electron chi connectivity index (χ0n) is 12.1. The van der Waals surface area contributed by atoms with Crippen LogP contribution in [0.15, 0.2) is 17.0 Å². The minimum Gasteiger partial charge on any atom is -0.398 e. The fraction of sp³-hybridized carbons (Fsp3) is 0.538. The number of nitrogen functional groups attached to an aromatic ring is 1. The molecule has 1 rings (SSSR count). The predicted octanol–water partition coefficient (Wildman–Crippen LogP) is 1.54. The Morgan fingerprint density at radius 2 is 1.95 bits per heavy atom. The molecule has 0 bridgehead atoms. The van der Waals surface area contributed by atoms with Crippen LogP contribution in [0.5, 0.6) is 0 Å². The van der Waals surface area contributed by atoms with Crippen molar-refractivity contribution in [2.24, 2.45) is 0 Å². The van der Waals surface area contributed by atoms with Crippen LogP contribution in [-0.2, 0) is 14.8 Å². The van der Waals surface area contributed by atoms with E-state index >= 15 is 0 Å². The summed E-state index contributed by atoms with van der Waals surface area (Å²) in [4.78, 5) is 0.290. The van der Waals surface area contributed by atoms with Crippen molar-refractivity contribution in [3.05, 3.63) is 23.3 Å². The number of ether oxygens (including phenoxy) is 1. The van der Waals surface area contributed by atoms with E-state index in [0.717, 1.165) is 0 Å². The molecule has 5 nitrogen and oxygen atoms in total. The largest absolute Gasteiger partial charge is 0.398 e. The van der Waals surface area contributed by atoms with Gasteiger partial charge >= 0.3 is 0 Å². The van der Waals surface area contributed by atoms with E-state index in [1.165, 1.54) is 4.31 Å². The number of nitrogens with two attached hydrogens (primary N) is 1. The van der Waals surface area contributed by atoms with Crippen molar-refractivity contribution in [1.82, 2.24) is 4.31 Å². The van der Waals surface area contributed by atoms with Gasteiger partial charge in [0, 0.05) is 25.9 Å². The molecule has 0 saturated heterocycles. The maximum Gasteiger partial charge on any atom is 0.243 e. The molecule has 6 heteroatoms. The summed E-state index contributed by atoms with van der Waals surface area (Å²) in [5.41, 5.74) is 7.59. The number of hydrogen-bond acceptors (Lipinski definition) is 4. The molecule has 0 heterocycles. The van der Waals surface area contributed by atoms with Gasteiger partial charge < -0.3 is 10.5 Å². The van der Waals surface area contributed by atoms with Crippen LogP contribution in [0.3, 0.4) is 0 Å². The fourth-order valence-electron chi connectivity index (χ4n) is 1.97. The highest BCUT2D eigenvalue weighted by Gasteiger charge is 2.28. The van der Waals surface area contributed by atoms with Gasteiger partial charge in [0.2, 0.25) is 10.0 Å². The number of likely N-dealkylation sites (N-methyl/N-ethyl adjacent to an activating group) is 1. The van der Waals surface area contributed by atoms with Gasteiger partial charge in [-0.15, -0.1) is 0 Å². The second-order valence-corrected chi connectivity index (χ2v) is 6.69. The third-order valence-electron chi connectivity index (χ3n) is 3.31. The Hall–Kier alpha value is -1.11. The molecule has 0 amide bonds. The summed E-state index contributed by atoms with van der Waals surface area (Å²) in [6.45, 7) is 5.65. The average molecular weight is 286 g/mol. The molecule has 1 aromatic rings. The molecule has 0 aliphatic rings. The molecule has 1 atom stereocenters. The lowest BCUT2D eigenvalue weighted by atomic mass is 10.1. The van der Waals surface area contributed by atoms with Gasteiger partial charge in [0.25, 0.3) is 0 Å². The molecular formula is C13H22N2O3S. The van der Waals surface area contributed by atoms with Crippen molar-refractivity contribution < 1.29 is 13.2 Å². The van der Waals surface area contributed by atoms with Gasteiger partial charge in [-0.05, 0) is 38.0 Å². The lowest BCUT2D eigenvalue weighted by molar-refractivity contribution is 0.149. The second kappa shape index (κ2) is 5.90. The molecule has 0 spiro atoms. The van der Waals surface area contributed by atoms with Crippen LogP contribution in [0, 0.1) is 13.8 Å². The first-order chi connectivity index (χ1) is 8.73. The Balaban J connectivity index is 3.32. The van der Waals surface area contributed by atoms with Crippen molar-refractivity contribution in [3.63, 3.8) is 0 Å². The van der Waals surface area contributed by atoms with E-state index < -0.39 is 10.0 Å². The third kappa shape index (κ3) is 3.08. The summed E-state index contributed by atoms with van der Waals surface area (Å²) in [6.07, 6.45) is 0. The molecule has 0 fully saturated rings. The quantitative estimate of drug-likeness (QED) is 0.833. The summed E-state index contributed by atoms with van der Waals surface area (Å²) in [5.74, 6) is 0.